The highest BCUT2D eigenvalue weighted by molar-refractivity contribution is 5.85. The molecule has 0 aromatic heterocycles. The lowest BCUT2D eigenvalue weighted by molar-refractivity contribution is 0.383. The van der Waals surface area contributed by atoms with Crippen molar-refractivity contribution in [2.24, 2.45) is 4.99 Å². The smallest absolute Gasteiger partial charge is 0.190 e. The lowest BCUT2D eigenvalue weighted by Crippen LogP contribution is -2.13. The van der Waals surface area contributed by atoms with Gasteiger partial charge in [-0.25, -0.2) is 8.78 Å². The van der Waals surface area contributed by atoms with Crippen LogP contribution in [0.2, 0.25) is 0 Å². The predicted molar refractivity (Wildman–Crippen MR) is 57.8 cm³/mol. The Morgan fingerprint density at radius 2 is 1.94 bits per heavy atom. The second-order valence-electron chi connectivity index (χ2n) is 3.91. The zero-order chi connectivity index (χ0) is 11.7. The SMILES string of the molecule is COC1=NCCC1c1c(F)cc(C)cc1F. The van der Waals surface area contributed by atoms with E-state index in [-0.39, 0.29) is 11.5 Å². The average Bonchev–Trinajstić information content (AvgIpc) is 2.64. The molecule has 1 unspecified atom stereocenters. The van der Waals surface area contributed by atoms with E-state index in [0.717, 1.165) is 0 Å². The Hall–Kier alpha value is -1.45. The molecule has 0 radical (unpaired) electrons. The highest BCUT2D eigenvalue weighted by Crippen LogP contribution is 2.31. The van der Waals surface area contributed by atoms with Crippen LogP contribution in [0.5, 0.6) is 0 Å². The van der Waals surface area contributed by atoms with Gasteiger partial charge in [0.1, 0.15) is 11.6 Å². The molecule has 1 atom stereocenters. The molecule has 0 saturated carbocycles. The van der Waals surface area contributed by atoms with Crippen LogP contribution in [0.4, 0.5) is 8.78 Å². The molecule has 1 aliphatic heterocycles. The summed E-state index contributed by atoms with van der Waals surface area (Å²) in [6.45, 7) is 2.22. The van der Waals surface area contributed by atoms with E-state index in [9.17, 15) is 8.78 Å². The van der Waals surface area contributed by atoms with Crippen LogP contribution in [-0.2, 0) is 4.74 Å². The van der Waals surface area contributed by atoms with Gasteiger partial charge in [-0.15, -0.1) is 0 Å². The number of nitrogens with zero attached hydrogens (tertiary/aromatic N) is 1. The Labute approximate surface area is 93.0 Å². The number of benzene rings is 1. The van der Waals surface area contributed by atoms with Gasteiger partial charge in [0.2, 0.25) is 0 Å². The first-order chi connectivity index (χ1) is 7.63. The van der Waals surface area contributed by atoms with Crippen LogP contribution in [0.25, 0.3) is 0 Å². The molecule has 2 nitrogen and oxygen atoms in total. The topological polar surface area (TPSA) is 21.6 Å². The summed E-state index contributed by atoms with van der Waals surface area (Å²) >= 11 is 0. The second-order valence-corrected chi connectivity index (χ2v) is 3.91. The van der Waals surface area contributed by atoms with Gasteiger partial charge in [-0.05, 0) is 31.0 Å². The lowest BCUT2D eigenvalue weighted by atomic mass is 9.95. The van der Waals surface area contributed by atoms with Crippen LogP contribution in [-0.4, -0.2) is 19.6 Å². The number of aryl methyl sites for hydroxylation is 1. The first-order valence-electron chi connectivity index (χ1n) is 5.17. The maximum atomic E-state index is 13.7. The van der Waals surface area contributed by atoms with Crippen LogP contribution >= 0.6 is 0 Å². The number of hydrogen-bond acceptors (Lipinski definition) is 2. The minimum absolute atomic E-state index is 0.0729. The summed E-state index contributed by atoms with van der Waals surface area (Å²) < 4.78 is 32.5. The van der Waals surface area contributed by atoms with Crippen molar-refractivity contribution in [3.05, 3.63) is 34.9 Å². The van der Waals surface area contributed by atoms with Crippen molar-refractivity contribution in [3.63, 3.8) is 0 Å². The van der Waals surface area contributed by atoms with E-state index >= 15 is 0 Å². The molecule has 0 fully saturated rings. The Morgan fingerprint density at radius 3 is 2.50 bits per heavy atom. The molecule has 1 aromatic rings. The Morgan fingerprint density at radius 1 is 1.31 bits per heavy atom. The van der Waals surface area contributed by atoms with Crippen LogP contribution in [0.3, 0.4) is 0 Å². The summed E-state index contributed by atoms with van der Waals surface area (Å²) in [5, 5.41) is 0. The normalized spacial score (nSPS) is 19.8. The molecule has 0 saturated heterocycles. The number of ether oxygens (including phenoxy) is 1. The van der Waals surface area contributed by atoms with Gasteiger partial charge in [0.25, 0.3) is 0 Å². The molecule has 1 aliphatic rings. The first kappa shape index (κ1) is 11.0. The largest absolute Gasteiger partial charge is 0.484 e. The highest BCUT2D eigenvalue weighted by Gasteiger charge is 2.29. The molecule has 2 rings (SSSR count). The van der Waals surface area contributed by atoms with Gasteiger partial charge < -0.3 is 4.74 Å². The van der Waals surface area contributed by atoms with E-state index in [4.69, 9.17) is 4.74 Å². The summed E-state index contributed by atoms with van der Waals surface area (Å²) in [5.41, 5.74) is 0.649. The molecule has 0 N–H and O–H groups in total. The molecule has 0 aliphatic carbocycles. The summed E-state index contributed by atoms with van der Waals surface area (Å²) in [7, 11) is 1.47. The standard InChI is InChI=1S/C12H13F2NO/c1-7-5-9(13)11(10(14)6-7)8-3-4-15-12(8)16-2/h5-6,8H,3-4H2,1-2H3. The molecular weight excluding hydrogens is 212 g/mol. The van der Waals surface area contributed by atoms with Gasteiger partial charge in [0.15, 0.2) is 5.90 Å². The number of hydrogen-bond donors (Lipinski definition) is 0. The van der Waals surface area contributed by atoms with Crippen molar-refractivity contribution in [2.45, 2.75) is 19.3 Å². The van der Waals surface area contributed by atoms with Crippen molar-refractivity contribution in [3.8, 4) is 0 Å². The number of methoxy groups -OCH3 is 1. The van der Waals surface area contributed by atoms with Crippen LogP contribution in [0, 0.1) is 18.6 Å². The Balaban J connectivity index is 2.45. The van der Waals surface area contributed by atoms with Gasteiger partial charge in [0.05, 0.1) is 13.0 Å². The minimum atomic E-state index is -0.519. The van der Waals surface area contributed by atoms with E-state index in [1.54, 1.807) is 6.92 Å². The fourth-order valence-electron chi connectivity index (χ4n) is 2.06. The van der Waals surface area contributed by atoms with Crippen molar-refractivity contribution < 1.29 is 13.5 Å². The van der Waals surface area contributed by atoms with Gasteiger partial charge in [0, 0.05) is 12.1 Å². The van der Waals surface area contributed by atoms with Gasteiger partial charge in [-0.2, -0.15) is 0 Å². The van der Waals surface area contributed by atoms with Crippen LogP contribution < -0.4 is 0 Å². The molecule has 16 heavy (non-hydrogen) atoms. The van der Waals surface area contributed by atoms with Gasteiger partial charge in [-0.3, -0.25) is 4.99 Å². The number of halogens is 2. The fraction of sp³-hybridized carbons (Fsp3) is 0.417. The molecular formula is C12H13F2NO. The second kappa shape index (κ2) is 4.20. The van der Waals surface area contributed by atoms with Crippen LogP contribution in [0.1, 0.15) is 23.5 Å². The zero-order valence-electron chi connectivity index (χ0n) is 9.26. The molecule has 1 heterocycles. The van der Waals surface area contributed by atoms with Gasteiger partial charge >= 0.3 is 0 Å². The summed E-state index contributed by atoms with van der Waals surface area (Å²) in [4.78, 5) is 4.08. The summed E-state index contributed by atoms with van der Waals surface area (Å²) in [6, 6.07) is 2.67. The maximum absolute atomic E-state index is 13.7. The molecule has 0 bridgehead atoms. The fourth-order valence-corrected chi connectivity index (χ4v) is 2.06. The lowest BCUT2D eigenvalue weighted by Gasteiger charge is -2.14. The number of aliphatic imine (C=N–C) groups is 1. The quantitative estimate of drug-likeness (QED) is 0.720. The average molecular weight is 225 g/mol. The third-order valence-electron chi connectivity index (χ3n) is 2.76. The van der Waals surface area contributed by atoms with Crippen molar-refractivity contribution in [1.82, 2.24) is 0 Å². The van der Waals surface area contributed by atoms with Crippen LogP contribution in [0.15, 0.2) is 17.1 Å². The monoisotopic (exact) mass is 225 g/mol. The van der Waals surface area contributed by atoms with Crippen molar-refractivity contribution >= 4 is 5.90 Å². The van der Waals surface area contributed by atoms with E-state index < -0.39 is 11.6 Å². The number of rotatable bonds is 1. The van der Waals surface area contributed by atoms with Gasteiger partial charge in [-0.1, -0.05) is 0 Å². The molecule has 86 valence electrons. The van der Waals surface area contributed by atoms with E-state index in [1.807, 2.05) is 0 Å². The molecule has 4 heteroatoms. The van der Waals surface area contributed by atoms with E-state index in [1.165, 1.54) is 19.2 Å². The molecule has 0 amide bonds. The van der Waals surface area contributed by atoms with E-state index in [2.05, 4.69) is 4.99 Å². The highest BCUT2D eigenvalue weighted by atomic mass is 19.1. The third-order valence-corrected chi connectivity index (χ3v) is 2.76. The molecule has 1 aromatic carbocycles. The predicted octanol–water partition coefficient (Wildman–Crippen LogP) is 2.81. The Kier molecular flexibility index (Phi) is 2.90. The minimum Gasteiger partial charge on any atom is -0.484 e. The summed E-state index contributed by atoms with van der Waals surface area (Å²) in [6.07, 6.45) is 0.597. The van der Waals surface area contributed by atoms with Crippen molar-refractivity contribution in [1.29, 1.82) is 0 Å². The summed E-state index contributed by atoms with van der Waals surface area (Å²) in [5.74, 6) is -1.00. The maximum Gasteiger partial charge on any atom is 0.190 e. The van der Waals surface area contributed by atoms with E-state index in [0.29, 0.717) is 24.4 Å². The Bertz CT molecular complexity index is 420. The third kappa shape index (κ3) is 1.79. The van der Waals surface area contributed by atoms with Crippen molar-refractivity contribution in [2.75, 3.05) is 13.7 Å². The first-order valence-corrected chi connectivity index (χ1v) is 5.17. The zero-order valence-corrected chi connectivity index (χ0v) is 9.26. The molecule has 0 spiro atoms.